The van der Waals surface area contributed by atoms with Crippen LogP contribution in [0.5, 0.6) is 5.88 Å². The van der Waals surface area contributed by atoms with Gasteiger partial charge in [-0.1, -0.05) is 12.8 Å². The van der Waals surface area contributed by atoms with Crippen LogP contribution in [0.1, 0.15) is 25.7 Å². The Morgan fingerprint density at radius 2 is 2.17 bits per heavy atom. The molecule has 0 amide bonds. The molecule has 0 aliphatic heterocycles. The van der Waals surface area contributed by atoms with Gasteiger partial charge in [0, 0.05) is 12.0 Å². The Morgan fingerprint density at radius 1 is 1.44 bits per heavy atom. The molecular formula is C12H20N4O2. The molecular weight excluding hydrogens is 232 g/mol. The monoisotopic (exact) mass is 252 g/mol. The molecule has 1 aromatic rings. The number of aliphatic hydroxyl groups excluding tert-OH is 1. The fraction of sp³-hybridized carbons (Fsp3) is 0.667. The summed E-state index contributed by atoms with van der Waals surface area (Å²) in [5.74, 6) is 0.943. The summed E-state index contributed by atoms with van der Waals surface area (Å²) in [5.41, 5.74) is 6.26. The normalized spacial score (nSPS) is 17.7. The molecule has 2 rings (SSSR count). The lowest BCUT2D eigenvalue weighted by atomic mass is 9.87. The molecule has 1 saturated carbocycles. The van der Waals surface area contributed by atoms with E-state index in [1.54, 1.807) is 0 Å². The van der Waals surface area contributed by atoms with Gasteiger partial charge >= 0.3 is 0 Å². The molecule has 4 N–H and O–H groups in total. The summed E-state index contributed by atoms with van der Waals surface area (Å²) >= 11 is 0. The van der Waals surface area contributed by atoms with Gasteiger partial charge in [0.2, 0.25) is 5.88 Å². The molecule has 0 saturated heterocycles. The number of nitrogens with zero attached hydrogens (tertiary/aromatic N) is 2. The van der Waals surface area contributed by atoms with Crippen molar-refractivity contribution in [2.24, 2.45) is 5.41 Å². The molecule has 18 heavy (non-hydrogen) atoms. The van der Waals surface area contributed by atoms with E-state index in [0.29, 0.717) is 23.9 Å². The summed E-state index contributed by atoms with van der Waals surface area (Å²) in [7, 11) is 1.52. The molecule has 0 spiro atoms. The van der Waals surface area contributed by atoms with Crippen LogP contribution in [0.3, 0.4) is 0 Å². The Balaban J connectivity index is 2.05. The quantitative estimate of drug-likeness (QED) is 0.724. The molecule has 0 bridgehead atoms. The van der Waals surface area contributed by atoms with Crippen molar-refractivity contribution in [3.63, 3.8) is 0 Å². The second-order valence-corrected chi connectivity index (χ2v) is 4.86. The first-order chi connectivity index (χ1) is 8.71. The average molecular weight is 252 g/mol. The van der Waals surface area contributed by atoms with Crippen molar-refractivity contribution < 1.29 is 9.84 Å². The lowest BCUT2D eigenvalue weighted by Crippen LogP contribution is -2.31. The maximum atomic E-state index is 9.54. The number of methoxy groups -OCH3 is 1. The molecule has 1 aliphatic carbocycles. The average Bonchev–Trinajstić information content (AvgIpc) is 2.87. The molecule has 1 aliphatic rings. The molecule has 6 heteroatoms. The van der Waals surface area contributed by atoms with Crippen molar-refractivity contribution in [2.45, 2.75) is 25.7 Å². The molecule has 1 heterocycles. The van der Waals surface area contributed by atoms with Gasteiger partial charge in [0.15, 0.2) is 5.82 Å². The largest absolute Gasteiger partial charge is 0.479 e. The number of nitrogens with two attached hydrogens (primary N) is 1. The second kappa shape index (κ2) is 5.39. The van der Waals surface area contributed by atoms with Crippen molar-refractivity contribution in [1.29, 1.82) is 0 Å². The zero-order chi connectivity index (χ0) is 13.0. The molecule has 0 atom stereocenters. The number of aromatic nitrogens is 2. The number of anilines is 2. The van der Waals surface area contributed by atoms with Gasteiger partial charge in [0.1, 0.15) is 12.0 Å². The molecule has 0 radical (unpaired) electrons. The van der Waals surface area contributed by atoms with E-state index in [4.69, 9.17) is 10.5 Å². The van der Waals surface area contributed by atoms with E-state index in [-0.39, 0.29) is 12.0 Å². The van der Waals surface area contributed by atoms with Crippen molar-refractivity contribution in [2.75, 3.05) is 31.3 Å². The van der Waals surface area contributed by atoms with Crippen LogP contribution in [0.15, 0.2) is 6.33 Å². The van der Waals surface area contributed by atoms with Gasteiger partial charge in [-0.2, -0.15) is 4.98 Å². The van der Waals surface area contributed by atoms with Crippen LogP contribution in [0.4, 0.5) is 11.5 Å². The summed E-state index contributed by atoms with van der Waals surface area (Å²) in [6.07, 6.45) is 5.84. The first kappa shape index (κ1) is 12.9. The second-order valence-electron chi connectivity index (χ2n) is 4.86. The molecule has 0 unspecified atom stereocenters. The highest BCUT2D eigenvalue weighted by Crippen LogP contribution is 2.38. The fourth-order valence-electron chi connectivity index (χ4n) is 2.47. The molecule has 1 fully saturated rings. The number of ether oxygens (including phenoxy) is 1. The summed E-state index contributed by atoms with van der Waals surface area (Å²) in [4.78, 5) is 8.03. The zero-order valence-corrected chi connectivity index (χ0v) is 10.6. The van der Waals surface area contributed by atoms with E-state index in [9.17, 15) is 5.11 Å². The Bertz CT molecular complexity index is 405. The van der Waals surface area contributed by atoms with Crippen molar-refractivity contribution >= 4 is 11.5 Å². The van der Waals surface area contributed by atoms with Crippen LogP contribution in [0.25, 0.3) is 0 Å². The number of rotatable bonds is 5. The number of nitrogens with one attached hydrogen (secondary N) is 1. The number of hydrogen-bond donors (Lipinski definition) is 3. The van der Waals surface area contributed by atoms with Gasteiger partial charge in [-0.3, -0.25) is 0 Å². The van der Waals surface area contributed by atoms with Crippen LogP contribution in [-0.4, -0.2) is 35.3 Å². The van der Waals surface area contributed by atoms with Gasteiger partial charge in [-0.15, -0.1) is 0 Å². The third-order valence-electron chi connectivity index (χ3n) is 3.67. The van der Waals surface area contributed by atoms with Crippen molar-refractivity contribution in [1.82, 2.24) is 9.97 Å². The maximum absolute atomic E-state index is 9.54. The molecule has 0 aromatic carbocycles. The third-order valence-corrected chi connectivity index (χ3v) is 3.67. The van der Waals surface area contributed by atoms with Gasteiger partial charge in [-0.25, -0.2) is 4.98 Å². The predicted molar refractivity (Wildman–Crippen MR) is 69.5 cm³/mol. The summed E-state index contributed by atoms with van der Waals surface area (Å²) in [6.45, 7) is 0.871. The van der Waals surface area contributed by atoms with E-state index in [2.05, 4.69) is 15.3 Å². The minimum atomic E-state index is -0.0371. The van der Waals surface area contributed by atoms with E-state index < -0.39 is 0 Å². The van der Waals surface area contributed by atoms with E-state index in [1.807, 2.05) is 0 Å². The standard InChI is InChI=1S/C12H20N4O2/c1-18-11-9(13)10(15-8-16-11)14-6-12(7-17)4-2-3-5-12/h8,17H,2-7,13H2,1H3,(H,14,15,16). The van der Waals surface area contributed by atoms with E-state index in [1.165, 1.54) is 26.3 Å². The Kier molecular flexibility index (Phi) is 3.86. The smallest absolute Gasteiger partial charge is 0.242 e. The van der Waals surface area contributed by atoms with Crippen LogP contribution in [-0.2, 0) is 0 Å². The summed E-state index contributed by atoms with van der Waals surface area (Å²) in [6, 6.07) is 0. The highest BCUT2D eigenvalue weighted by molar-refractivity contribution is 5.66. The van der Waals surface area contributed by atoms with Crippen LogP contribution < -0.4 is 15.8 Å². The Hall–Kier alpha value is -1.56. The molecule has 100 valence electrons. The van der Waals surface area contributed by atoms with Gasteiger partial charge in [0.05, 0.1) is 13.7 Å². The van der Waals surface area contributed by atoms with Gasteiger partial charge in [0.25, 0.3) is 0 Å². The number of hydrogen-bond acceptors (Lipinski definition) is 6. The van der Waals surface area contributed by atoms with Crippen molar-refractivity contribution in [3.05, 3.63) is 6.33 Å². The highest BCUT2D eigenvalue weighted by atomic mass is 16.5. The predicted octanol–water partition coefficient (Wildman–Crippen LogP) is 1.03. The van der Waals surface area contributed by atoms with E-state index in [0.717, 1.165) is 12.8 Å². The van der Waals surface area contributed by atoms with Crippen LogP contribution in [0, 0.1) is 5.41 Å². The Labute approximate surface area is 107 Å². The van der Waals surface area contributed by atoms with Crippen LogP contribution >= 0.6 is 0 Å². The topological polar surface area (TPSA) is 93.3 Å². The lowest BCUT2D eigenvalue weighted by molar-refractivity contribution is 0.142. The third kappa shape index (κ3) is 2.48. The summed E-state index contributed by atoms with van der Waals surface area (Å²) in [5, 5.41) is 12.7. The Morgan fingerprint density at radius 3 is 2.78 bits per heavy atom. The molecule has 6 nitrogen and oxygen atoms in total. The van der Waals surface area contributed by atoms with Gasteiger partial charge in [-0.05, 0) is 12.8 Å². The fourth-order valence-corrected chi connectivity index (χ4v) is 2.47. The zero-order valence-electron chi connectivity index (χ0n) is 10.6. The highest BCUT2D eigenvalue weighted by Gasteiger charge is 2.33. The first-order valence-electron chi connectivity index (χ1n) is 6.20. The minimum absolute atomic E-state index is 0.0371. The summed E-state index contributed by atoms with van der Waals surface area (Å²) < 4.78 is 5.04. The van der Waals surface area contributed by atoms with Gasteiger partial charge < -0.3 is 20.9 Å². The first-order valence-corrected chi connectivity index (χ1v) is 6.20. The minimum Gasteiger partial charge on any atom is -0.479 e. The van der Waals surface area contributed by atoms with E-state index >= 15 is 0 Å². The van der Waals surface area contributed by atoms with Crippen molar-refractivity contribution in [3.8, 4) is 5.88 Å². The SMILES string of the molecule is COc1ncnc(NCC2(CO)CCCC2)c1N. The number of aliphatic hydroxyl groups is 1. The van der Waals surface area contributed by atoms with Crippen LogP contribution in [0.2, 0.25) is 0 Å². The number of nitrogen functional groups attached to an aromatic ring is 1. The molecule has 1 aromatic heterocycles. The lowest BCUT2D eigenvalue weighted by Gasteiger charge is -2.27. The maximum Gasteiger partial charge on any atom is 0.242 e.